The van der Waals surface area contributed by atoms with E-state index in [1.807, 2.05) is 0 Å². The highest BCUT2D eigenvalue weighted by atomic mass is 16.6. The second kappa shape index (κ2) is 8.28. The Morgan fingerprint density at radius 3 is 2.59 bits per heavy atom. The highest BCUT2D eigenvalue weighted by Crippen LogP contribution is 2.63. The molecule has 3 rings (SSSR count). The van der Waals surface area contributed by atoms with Gasteiger partial charge in [0.1, 0.15) is 6.42 Å². The van der Waals surface area contributed by atoms with E-state index in [0.717, 1.165) is 19.3 Å². The van der Waals surface area contributed by atoms with E-state index in [0.29, 0.717) is 18.4 Å². The molecule has 0 bridgehead atoms. The summed E-state index contributed by atoms with van der Waals surface area (Å²) >= 11 is 0. The minimum atomic E-state index is -0.505. The van der Waals surface area contributed by atoms with Crippen molar-refractivity contribution in [3.63, 3.8) is 0 Å². The Bertz CT molecular complexity index is 695. The smallest absolute Gasteiger partial charge is 0.317 e. The highest BCUT2D eigenvalue weighted by molar-refractivity contribution is 5.91. The lowest BCUT2D eigenvalue weighted by atomic mass is 9.46. The Morgan fingerprint density at radius 1 is 1.17 bits per heavy atom. The van der Waals surface area contributed by atoms with Crippen LogP contribution in [0, 0.1) is 28.1 Å². The summed E-state index contributed by atoms with van der Waals surface area (Å²) in [6.45, 7) is 13.6. The SMILES string of the molecule is C=C[C@]1(C)CC=C2[C@H](CC[C@H]3[C@](C)(COC(=O)CC(=O)OCC)CCC[C@@]23C)C1. The molecule has 29 heavy (non-hydrogen) atoms. The van der Waals surface area contributed by atoms with Gasteiger partial charge in [-0.1, -0.05) is 44.9 Å². The lowest BCUT2D eigenvalue weighted by molar-refractivity contribution is -0.159. The normalized spacial score (nSPS) is 38.8. The van der Waals surface area contributed by atoms with Crippen molar-refractivity contribution < 1.29 is 19.1 Å². The third kappa shape index (κ3) is 4.32. The Morgan fingerprint density at radius 2 is 1.90 bits per heavy atom. The van der Waals surface area contributed by atoms with Crippen molar-refractivity contribution in [3.05, 3.63) is 24.3 Å². The van der Waals surface area contributed by atoms with E-state index >= 15 is 0 Å². The molecule has 0 unspecified atom stereocenters. The zero-order valence-electron chi connectivity index (χ0n) is 18.7. The fraction of sp³-hybridized carbons (Fsp3) is 0.760. The molecule has 0 aliphatic heterocycles. The van der Waals surface area contributed by atoms with Crippen LogP contribution in [0.2, 0.25) is 0 Å². The molecule has 3 aliphatic carbocycles. The van der Waals surface area contributed by atoms with Crippen molar-refractivity contribution in [3.8, 4) is 0 Å². The fourth-order valence-corrected chi connectivity index (χ4v) is 6.55. The zero-order chi connectivity index (χ0) is 21.3. The number of fused-ring (bicyclic) bond motifs is 3. The van der Waals surface area contributed by atoms with Crippen LogP contribution in [0.3, 0.4) is 0 Å². The molecule has 0 saturated heterocycles. The molecule has 162 valence electrons. The number of carbonyl (C=O) groups is 2. The summed E-state index contributed by atoms with van der Waals surface area (Å²) in [6, 6.07) is 0. The molecule has 0 aromatic carbocycles. The third-order valence-electron chi connectivity index (χ3n) is 8.11. The van der Waals surface area contributed by atoms with Crippen molar-refractivity contribution in [2.24, 2.45) is 28.1 Å². The van der Waals surface area contributed by atoms with Gasteiger partial charge in [0.15, 0.2) is 0 Å². The topological polar surface area (TPSA) is 52.6 Å². The van der Waals surface area contributed by atoms with Crippen LogP contribution in [0.1, 0.15) is 79.1 Å². The molecule has 0 radical (unpaired) electrons. The Balaban J connectivity index is 1.73. The van der Waals surface area contributed by atoms with Crippen molar-refractivity contribution in [1.82, 2.24) is 0 Å². The van der Waals surface area contributed by atoms with Gasteiger partial charge in [-0.2, -0.15) is 0 Å². The molecule has 5 atom stereocenters. The van der Waals surface area contributed by atoms with Crippen LogP contribution in [0.15, 0.2) is 24.3 Å². The first-order chi connectivity index (χ1) is 13.7. The Labute approximate surface area is 176 Å². The molecule has 4 nitrogen and oxygen atoms in total. The van der Waals surface area contributed by atoms with Gasteiger partial charge in [0.25, 0.3) is 0 Å². The number of hydrogen-bond donors (Lipinski definition) is 0. The van der Waals surface area contributed by atoms with E-state index in [-0.39, 0.29) is 29.3 Å². The minimum Gasteiger partial charge on any atom is -0.466 e. The van der Waals surface area contributed by atoms with Gasteiger partial charge in [-0.05, 0) is 68.1 Å². The lowest BCUT2D eigenvalue weighted by Crippen LogP contribution is -2.51. The quantitative estimate of drug-likeness (QED) is 0.329. The second-order valence-electron chi connectivity index (χ2n) is 10.3. The molecule has 0 spiro atoms. The average molecular weight is 403 g/mol. The van der Waals surface area contributed by atoms with Crippen molar-refractivity contribution >= 4 is 11.9 Å². The van der Waals surface area contributed by atoms with Crippen LogP contribution in [0.5, 0.6) is 0 Å². The van der Waals surface area contributed by atoms with Gasteiger partial charge in [-0.15, -0.1) is 6.58 Å². The molecular weight excluding hydrogens is 364 g/mol. The average Bonchev–Trinajstić information content (AvgIpc) is 2.66. The maximum Gasteiger partial charge on any atom is 0.317 e. The monoisotopic (exact) mass is 402 g/mol. The molecule has 0 aromatic rings. The van der Waals surface area contributed by atoms with E-state index in [1.165, 1.54) is 25.7 Å². The molecule has 4 heteroatoms. The Kier molecular flexibility index (Phi) is 6.31. The van der Waals surface area contributed by atoms with Crippen LogP contribution < -0.4 is 0 Å². The number of esters is 2. The second-order valence-corrected chi connectivity index (χ2v) is 10.3. The van der Waals surface area contributed by atoms with E-state index < -0.39 is 11.9 Å². The summed E-state index contributed by atoms with van der Waals surface area (Å²) in [5.41, 5.74) is 2.02. The van der Waals surface area contributed by atoms with Crippen molar-refractivity contribution in [2.75, 3.05) is 13.2 Å². The number of ether oxygens (including phenoxy) is 2. The number of carbonyl (C=O) groups excluding carboxylic acids is 2. The van der Waals surface area contributed by atoms with Gasteiger partial charge in [0.05, 0.1) is 13.2 Å². The van der Waals surface area contributed by atoms with Gasteiger partial charge in [0.2, 0.25) is 0 Å². The van der Waals surface area contributed by atoms with E-state index in [1.54, 1.807) is 12.5 Å². The molecule has 2 saturated carbocycles. The summed E-state index contributed by atoms with van der Waals surface area (Å²) < 4.78 is 10.5. The lowest BCUT2D eigenvalue weighted by Gasteiger charge is -2.59. The number of hydrogen-bond acceptors (Lipinski definition) is 4. The summed E-state index contributed by atoms with van der Waals surface area (Å²) in [5.74, 6) is 0.190. The third-order valence-corrected chi connectivity index (χ3v) is 8.11. The van der Waals surface area contributed by atoms with Crippen LogP contribution in [0.4, 0.5) is 0 Å². The van der Waals surface area contributed by atoms with Gasteiger partial charge in [0, 0.05) is 5.41 Å². The first kappa shape index (κ1) is 22.1. The van der Waals surface area contributed by atoms with E-state index in [2.05, 4.69) is 39.5 Å². The minimum absolute atomic E-state index is 0.0394. The standard InChI is InChI=1S/C25H38O4/c1-6-23(3)14-11-19-18(16-23)9-10-20-24(4,12-8-13-25(19,20)5)17-29-22(27)15-21(26)28-7-2/h6,11,18,20H,1,7-10,12-17H2,2-5H3/t18-,20+,23-,24+,25+/m1/s1. The summed E-state index contributed by atoms with van der Waals surface area (Å²) in [4.78, 5) is 23.7. The highest BCUT2D eigenvalue weighted by Gasteiger charge is 2.55. The maximum absolute atomic E-state index is 12.1. The van der Waals surface area contributed by atoms with Gasteiger partial charge < -0.3 is 9.47 Å². The predicted molar refractivity (Wildman–Crippen MR) is 114 cm³/mol. The first-order valence-electron chi connectivity index (χ1n) is 11.3. The molecule has 0 N–H and O–H groups in total. The van der Waals surface area contributed by atoms with Crippen LogP contribution in [-0.4, -0.2) is 25.2 Å². The molecule has 0 aromatic heterocycles. The van der Waals surface area contributed by atoms with Gasteiger partial charge >= 0.3 is 11.9 Å². The fourth-order valence-electron chi connectivity index (χ4n) is 6.55. The van der Waals surface area contributed by atoms with E-state index in [4.69, 9.17) is 9.47 Å². The van der Waals surface area contributed by atoms with Crippen LogP contribution >= 0.6 is 0 Å². The number of allylic oxidation sites excluding steroid dienone is 3. The van der Waals surface area contributed by atoms with E-state index in [9.17, 15) is 9.59 Å². The maximum atomic E-state index is 12.1. The van der Waals surface area contributed by atoms with Gasteiger partial charge in [-0.25, -0.2) is 0 Å². The summed E-state index contributed by atoms with van der Waals surface area (Å²) in [5, 5.41) is 0. The molecule has 3 aliphatic rings. The van der Waals surface area contributed by atoms with Crippen molar-refractivity contribution in [1.29, 1.82) is 0 Å². The zero-order valence-corrected chi connectivity index (χ0v) is 18.7. The predicted octanol–water partition coefficient (Wildman–Crippen LogP) is 5.62. The van der Waals surface area contributed by atoms with Crippen molar-refractivity contribution in [2.45, 2.75) is 79.1 Å². The van der Waals surface area contributed by atoms with Crippen LogP contribution in [-0.2, 0) is 19.1 Å². The molecule has 2 fully saturated rings. The van der Waals surface area contributed by atoms with Gasteiger partial charge in [-0.3, -0.25) is 9.59 Å². The summed E-state index contributed by atoms with van der Waals surface area (Å²) in [7, 11) is 0. The number of rotatable bonds is 6. The molecule has 0 amide bonds. The summed E-state index contributed by atoms with van der Waals surface area (Å²) in [6.07, 6.45) is 12.5. The largest absolute Gasteiger partial charge is 0.466 e. The molecule has 0 heterocycles. The first-order valence-corrected chi connectivity index (χ1v) is 11.3. The Hall–Kier alpha value is -1.58. The van der Waals surface area contributed by atoms with Crippen LogP contribution in [0.25, 0.3) is 0 Å². The molecular formula is C25H38O4.